The Morgan fingerprint density at radius 2 is 2.18 bits per heavy atom. The Labute approximate surface area is 107 Å². The maximum absolute atomic E-state index is 10.9. The molecule has 0 aliphatic heterocycles. The van der Waals surface area contributed by atoms with Gasteiger partial charge in [-0.2, -0.15) is 0 Å². The Balaban J connectivity index is 2.78. The van der Waals surface area contributed by atoms with Crippen LogP contribution >= 0.6 is 11.3 Å². The fourth-order valence-corrected chi connectivity index (χ4v) is 2.80. The second-order valence-electron chi connectivity index (χ2n) is 4.49. The van der Waals surface area contributed by atoms with E-state index in [0.717, 1.165) is 13.0 Å². The molecule has 1 unspecified atom stereocenters. The molecule has 0 aliphatic rings. The molecule has 1 aromatic heterocycles. The average molecular weight is 255 g/mol. The molecule has 3 nitrogen and oxygen atoms in total. The smallest absolute Gasteiger partial charge is 0.317 e. The summed E-state index contributed by atoms with van der Waals surface area (Å²) in [5.41, 5.74) is 1.26. The number of carboxylic acids is 1. The van der Waals surface area contributed by atoms with Gasteiger partial charge in [0.15, 0.2) is 0 Å². The van der Waals surface area contributed by atoms with Gasteiger partial charge in [-0.05, 0) is 38.8 Å². The van der Waals surface area contributed by atoms with Crippen molar-refractivity contribution in [2.45, 2.75) is 46.7 Å². The molecule has 0 spiro atoms. The molecule has 0 aromatic carbocycles. The van der Waals surface area contributed by atoms with E-state index in [9.17, 15) is 4.79 Å². The van der Waals surface area contributed by atoms with Crippen LogP contribution in [-0.2, 0) is 11.3 Å². The van der Waals surface area contributed by atoms with Crippen LogP contribution in [-0.4, -0.2) is 28.6 Å². The summed E-state index contributed by atoms with van der Waals surface area (Å²) in [5.74, 6) is -0.755. The largest absolute Gasteiger partial charge is 0.480 e. The molecule has 17 heavy (non-hydrogen) atoms. The van der Waals surface area contributed by atoms with Crippen molar-refractivity contribution < 1.29 is 9.90 Å². The standard InChI is InChI=1S/C13H21NO2S/c1-5-9(2)14(8-13(15)16)7-12-6-10(3)17-11(12)4/h6,9H,5,7-8H2,1-4H3,(H,15,16). The van der Waals surface area contributed by atoms with Gasteiger partial charge in [0.2, 0.25) is 0 Å². The molecule has 96 valence electrons. The molecule has 0 saturated heterocycles. The first-order chi connectivity index (χ1) is 7.93. The van der Waals surface area contributed by atoms with Crippen LogP contribution < -0.4 is 0 Å². The van der Waals surface area contributed by atoms with Crippen LogP contribution in [0.15, 0.2) is 6.07 Å². The van der Waals surface area contributed by atoms with Crippen molar-refractivity contribution in [3.63, 3.8) is 0 Å². The van der Waals surface area contributed by atoms with E-state index < -0.39 is 5.97 Å². The lowest BCUT2D eigenvalue weighted by atomic mass is 10.1. The number of hydrogen-bond acceptors (Lipinski definition) is 3. The predicted octanol–water partition coefficient (Wildman–Crippen LogP) is 3.05. The van der Waals surface area contributed by atoms with E-state index in [0.29, 0.717) is 6.04 Å². The number of hydrogen-bond donors (Lipinski definition) is 1. The summed E-state index contributed by atoms with van der Waals surface area (Å²) in [7, 11) is 0. The molecule has 0 saturated carbocycles. The maximum atomic E-state index is 10.9. The van der Waals surface area contributed by atoms with E-state index in [1.54, 1.807) is 11.3 Å². The molecule has 1 heterocycles. The van der Waals surface area contributed by atoms with Gasteiger partial charge >= 0.3 is 5.97 Å². The highest BCUT2D eigenvalue weighted by Crippen LogP contribution is 2.23. The summed E-state index contributed by atoms with van der Waals surface area (Å²) in [4.78, 5) is 15.5. The minimum atomic E-state index is -0.755. The van der Waals surface area contributed by atoms with Crippen LogP contribution in [0.1, 0.15) is 35.6 Å². The van der Waals surface area contributed by atoms with Gasteiger partial charge in [-0.3, -0.25) is 9.69 Å². The van der Waals surface area contributed by atoms with Crippen molar-refractivity contribution in [1.82, 2.24) is 4.90 Å². The SMILES string of the molecule is CCC(C)N(CC(=O)O)Cc1cc(C)sc1C. The van der Waals surface area contributed by atoms with Crippen LogP contribution in [0, 0.1) is 13.8 Å². The minimum absolute atomic E-state index is 0.114. The summed E-state index contributed by atoms with van der Waals surface area (Å²) in [6, 6.07) is 2.46. The fraction of sp³-hybridized carbons (Fsp3) is 0.615. The molecule has 1 aromatic rings. The molecule has 0 fully saturated rings. The first kappa shape index (κ1) is 14.2. The molecule has 1 rings (SSSR count). The van der Waals surface area contributed by atoms with Crippen molar-refractivity contribution in [2.75, 3.05) is 6.54 Å². The lowest BCUT2D eigenvalue weighted by Crippen LogP contribution is -2.36. The van der Waals surface area contributed by atoms with Gasteiger partial charge in [-0.1, -0.05) is 6.92 Å². The average Bonchev–Trinajstić information content (AvgIpc) is 2.54. The van der Waals surface area contributed by atoms with E-state index in [1.807, 2.05) is 4.90 Å². The molecular weight excluding hydrogens is 234 g/mol. The zero-order valence-corrected chi connectivity index (χ0v) is 11.8. The van der Waals surface area contributed by atoms with E-state index >= 15 is 0 Å². The quantitative estimate of drug-likeness (QED) is 0.849. The van der Waals surface area contributed by atoms with Crippen molar-refractivity contribution >= 4 is 17.3 Å². The normalized spacial score (nSPS) is 13.0. The number of nitrogens with zero attached hydrogens (tertiary/aromatic N) is 1. The van der Waals surface area contributed by atoms with Crippen LogP contribution in [0.4, 0.5) is 0 Å². The van der Waals surface area contributed by atoms with Crippen LogP contribution in [0.25, 0.3) is 0 Å². The first-order valence-corrected chi connectivity index (χ1v) is 6.77. The highest BCUT2D eigenvalue weighted by molar-refractivity contribution is 7.12. The Kier molecular flexibility index (Phi) is 5.15. The van der Waals surface area contributed by atoms with Crippen LogP contribution in [0.5, 0.6) is 0 Å². The topological polar surface area (TPSA) is 40.5 Å². The Bertz CT molecular complexity index is 387. The third-order valence-electron chi connectivity index (χ3n) is 3.07. The van der Waals surface area contributed by atoms with Crippen molar-refractivity contribution in [3.05, 3.63) is 21.4 Å². The third kappa shape index (κ3) is 4.13. The van der Waals surface area contributed by atoms with Crippen molar-refractivity contribution in [1.29, 1.82) is 0 Å². The lowest BCUT2D eigenvalue weighted by molar-refractivity contribution is -0.139. The van der Waals surface area contributed by atoms with Crippen LogP contribution in [0.2, 0.25) is 0 Å². The Morgan fingerprint density at radius 3 is 2.59 bits per heavy atom. The zero-order chi connectivity index (χ0) is 13.0. The van der Waals surface area contributed by atoms with E-state index in [1.165, 1.54) is 15.3 Å². The second kappa shape index (κ2) is 6.17. The maximum Gasteiger partial charge on any atom is 0.317 e. The molecular formula is C13H21NO2S. The number of aryl methyl sites for hydroxylation is 2. The highest BCUT2D eigenvalue weighted by atomic mass is 32.1. The summed E-state index contributed by atoms with van der Waals surface area (Å²) in [5, 5.41) is 8.94. The van der Waals surface area contributed by atoms with Gasteiger partial charge in [-0.25, -0.2) is 0 Å². The molecule has 1 N–H and O–H groups in total. The summed E-state index contributed by atoms with van der Waals surface area (Å²) < 4.78 is 0. The van der Waals surface area contributed by atoms with Gasteiger partial charge in [0, 0.05) is 22.3 Å². The van der Waals surface area contributed by atoms with Crippen LogP contribution in [0.3, 0.4) is 0 Å². The van der Waals surface area contributed by atoms with Gasteiger partial charge in [0.1, 0.15) is 0 Å². The molecule has 0 amide bonds. The number of aliphatic carboxylic acids is 1. The monoisotopic (exact) mass is 255 g/mol. The molecule has 1 atom stereocenters. The Hall–Kier alpha value is -0.870. The van der Waals surface area contributed by atoms with E-state index in [2.05, 4.69) is 33.8 Å². The van der Waals surface area contributed by atoms with Crippen molar-refractivity contribution in [3.8, 4) is 0 Å². The van der Waals surface area contributed by atoms with Gasteiger partial charge in [0.25, 0.3) is 0 Å². The third-order valence-corrected chi connectivity index (χ3v) is 4.08. The van der Waals surface area contributed by atoms with Gasteiger partial charge in [-0.15, -0.1) is 11.3 Å². The number of carbonyl (C=O) groups is 1. The second-order valence-corrected chi connectivity index (χ2v) is 5.95. The fourth-order valence-electron chi connectivity index (χ4n) is 1.86. The summed E-state index contributed by atoms with van der Waals surface area (Å²) in [6.45, 7) is 9.21. The molecule has 0 radical (unpaired) electrons. The Morgan fingerprint density at radius 1 is 1.53 bits per heavy atom. The zero-order valence-electron chi connectivity index (χ0n) is 11.0. The summed E-state index contributed by atoms with van der Waals surface area (Å²) >= 11 is 1.78. The molecule has 0 aliphatic carbocycles. The molecule has 0 bridgehead atoms. The minimum Gasteiger partial charge on any atom is -0.480 e. The number of carboxylic acid groups (broad SMARTS) is 1. The van der Waals surface area contributed by atoms with Gasteiger partial charge < -0.3 is 5.11 Å². The number of thiophene rings is 1. The summed E-state index contributed by atoms with van der Waals surface area (Å²) in [6.07, 6.45) is 0.968. The lowest BCUT2D eigenvalue weighted by Gasteiger charge is -2.26. The van der Waals surface area contributed by atoms with Gasteiger partial charge in [0.05, 0.1) is 6.54 Å². The molecule has 4 heteroatoms. The predicted molar refractivity (Wildman–Crippen MR) is 71.6 cm³/mol. The highest BCUT2D eigenvalue weighted by Gasteiger charge is 2.17. The van der Waals surface area contributed by atoms with E-state index in [-0.39, 0.29) is 6.54 Å². The first-order valence-electron chi connectivity index (χ1n) is 5.95. The number of rotatable bonds is 6. The van der Waals surface area contributed by atoms with E-state index in [4.69, 9.17) is 5.11 Å². The van der Waals surface area contributed by atoms with Crippen molar-refractivity contribution in [2.24, 2.45) is 0 Å².